The van der Waals surface area contributed by atoms with Crippen LogP contribution in [0.3, 0.4) is 0 Å². The number of ether oxygens (including phenoxy) is 2. The minimum Gasteiger partial charge on any atom is -0.493 e. The van der Waals surface area contributed by atoms with Crippen molar-refractivity contribution in [2.24, 2.45) is 0 Å². The first-order valence-electron chi connectivity index (χ1n) is 9.68. The average Bonchev–Trinajstić information content (AvgIpc) is 2.61. The van der Waals surface area contributed by atoms with Crippen LogP contribution in [0.15, 0.2) is 36.4 Å². The van der Waals surface area contributed by atoms with Gasteiger partial charge in [-0.2, -0.15) is 0 Å². The molecule has 25 heavy (non-hydrogen) atoms. The van der Waals surface area contributed by atoms with E-state index in [1.54, 1.807) is 6.92 Å². The zero-order valence-electron chi connectivity index (χ0n) is 16.0. The Bertz CT molecular complexity index is 490. The molecule has 0 unspecified atom stereocenters. The molecule has 0 amide bonds. The standard InChI is InChI=1S/C22H34O3/c1-4-5-6-7-8-9-10-12-20-13-15-21(16-14-20)24-17-11-18-25-22(23)19(2)3/h13-16H,2,4-12,17-18H2,1,3H3. The molecule has 0 aliphatic heterocycles. The van der Waals surface area contributed by atoms with Gasteiger partial charge in [-0.15, -0.1) is 0 Å². The van der Waals surface area contributed by atoms with Gasteiger partial charge in [0.05, 0.1) is 13.2 Å². The van der Waals surface area contributed by atoms with Gasteiger partial charge in [-0.05, 0) is 37.5 Å². The Balaban J connectivity index is 2.09. The quantitative estimate of drug-likeness (QED) is 0.240. The molecular weight excluding hydrogens is 312 g/mol. The summed E-state index contributed by atoms with van der Waals surface area (Å²) in [4.78, 5) is 11.2. The van der Waals surface area contributed by atoms with Crippen LogP contribution in [-0.4, -0.2) is 19.2 Å². The van der Waals surface area contributed by atoms with Gasteiger partial charge in [0.15, 0.2) is 0 Å². The van der Waals surface area contributed by atoms with Gasteiger partial charge in [-0.25, -0.2) is 4.79 Å². The third-order valence-electron chi connectivity index (χ3n) is 4.13. The lowest BCUT2D eigenvalue weighted by Crippen LogP contribution is -2.09. The minimum atomic E-state index is -0.338. The molecule has 0 fully saturated rings. The van der Waals surface area contributed by atoms with Crippen LogP contribution in [-0.2, 0) is 16.0 Å². The van der Waals surface area contributed by atoms with Crippen molar-refractivity contribution >= 4 is 5.97 Å². The smallest absolute Gasteiger partial charge is 0.333 e. The zero-order chi connectivity index (χ0) is 18.3. The summed E-state index contributed by atoms with van der Waals surface area (Å²) in [5.74, 6) is 0.532. The predicted octanol–water partition coefficient (Wildman–Crippen LogP) is 5.87. The van der Waals surface area contributed by atoms with E-state index in [4.69, 9.17) is 9.47 Å². The number of carbonyl (C=O) groups is 1. The van der Waals surface area contributed by atoms with E-state index in [1.807, 2.05) is 12.1 Å². The number of esters is 1. The number of hydrogen-bond acceptors (Lipinski definition) is 3. The lowest BCUT2D eigenvalue weighted by molar-refractivity contribution is -0.139. The van der Waals surface area contributed by atoms with E-state index in [-0.39, 0.29) is 5.97 Å². The first kappa shape index (κ1) is 21.3. The lowest BCUT2D eigenvalue weighted by Gasteiger charge is -2.08. The molecule has 0 aliphatic rings. The SMILES string of the molecule is C=C(C)C(=O)OCCCOc1ccc(CCCCCCCCC)cc1. The number of aryl methyl sites for hydroxylation is 1. The summed E-state index contributed by atoms with van der Waals surface area (Å²) >= 11 is 0. The molecule has 0 saturated heterocycles. The first-order valence-corrected chi connectivity index (χ1v) is 9.68. The molecule has 140 valence electrons. The van der Waals surface area contributed by atoms with Crippen LogP contribution in [0.2, 0.25) is 0 Å². The van der Waals surface area contributed by atoms with Gasteiger partial charge >= 0.3 is 5.97 Å². The highest BCUT2D eigenvalue weighted by atomic mass is 16.5. The molecule has 1 aromatic carbocycles. The van der Waals surface area contributed by atoms with Crippen LogP contribution in [0, 0.1) is 0 Å². The van der Waals surface area contributed by atoms with Crippen molar-refractivity contribution in [3.05, 3.63) is 42.0 Å². The molecule has 0 heterocycles. The topological polar surface area (TPSA) is 35.5 Å². The largest absolute Gasteiger partial charge is 0.493 e. The van der Waals surface area contributed by atoms with E-state index in [1.165, 1.54) is 50.5 Å². The van der Waals surface area contributed by atoms with Crippen LogP contribution >= 0.6 is 0 Å². The summed E-state index contributed by atoms with van der Waals surface area (Å²) < 4.78 is 10.7. The Kier molecular flexibility index (Phi) is 11.5. The van der Waals surface area contributed by atoms with Crippen LogP contribution < -0.4 is 4.74 Å². The number of benzene rings is 1. The molecule has 0 N–H and O–H groups in total. The Morgan fingerprint density at radius 3 is 2.20 bits per heavy atom. The molecule has 1 rings (SSSR count). The van der Waals surface area contributed by atoms with Crippen LogP contribution in [0.5, 0.6) is 5.75 Å². The van der Waals surface area contributed by atoms with E-state index < -0.39 is 0 Å². The van der Waals surface area contributed by atoms with Gasteiger partial charge in [-0.1, -0.05) is 64.2 Å². The third kappa shape index (κ3) is 10.6. The second kappa shape index (κ2) is 13.5. The number of unbranched alkanes of at least 4 members (excludes halogenated alkanes) is 6. The van der Waals surface area contributed by atoms with Gasteiger partial charge < -0.3 is 9.47 Å². The van der Waals surface area contributed by atoms with Crippen LogP contribution in [0.4, 0.5) is 0 Å². The molecule has 0 spiro atoms. The predicted molar refractivity (Wildman–Crippen MR) is 104 cm³/mol. The zero-order valence-corrected chi connectivity index (χ0v) is 16.0. The summed E-state index contributed by atoms with van der Waals surface area (Å²) in [5, 5.41) is 0. The Morgan fingerprint density at radius 1 is 0.920 bits per heavy atom. The van der Waals surface area contributed by atoms with Crippen molar-refractivity contribution in [2.45, 2.75) is 71.6 Å². The summed E-state index contributed by atoms with van der Waals surface area (Å²) in [6.07, 6.45) is 11.2. The maximum Gasteiger partial charge on any atom is 0.333 e. The fraction of sp³-hybridized carbons (Fsp3) is 0.591. The Hall–Kier alpha value is -1.77. The molecule has 3 heteroatoms. The average molecular weight is 347 g/mol. The molecule has 0 aliphatic carbocycles. The van der Waals surface area contributed by atoms with E-state index in [9.17, 15) is 4.79 Å². The molecule has 0 radical (unpaired) electrons. The summed E-state index contributed by atoms with van der Waals surface area (Å²) in [6, 6.07) is 8.34. The normalized spacial score (nSPS) is 10.5. The summed E-state index contributed by atoms with van der Waals surface area (Å²) in [6.45, 7) is 8.35. The van der Waals surface area contributed by atoms with Crippen molar-refractivity contribution < 1.29 is 14.3 Å². The van der Waals surface area contributed by atoms with Crippen LogP contribution in [0.1, 0.15) is 70.8 Å². The maximum absolute atomic E-state index is 11.2. The maximum atomic E-state index is 11.2. The van der Waals surface area contributed by atoms with Gasteiger partial charge in [0.1, 0.15) is 5.75 Å². The molecule has 1 aromatic rings. The molecule has 0 saturated carbocycles. The molecule has 3 nitrogen and oxygen atoms in total. The molecule has 0 atom stereocenters. The second-order valence-electron chi connectivity index (χ2n) is 6.63. The Morgan fingerprint density at radius 2 is 1.56 bits per heavy atom. The monoisotopic (exact) mass is 346 g/mol. The van der Waals surface area contributed by atoms with Gasteiger partial charge in [0, 0.05) is 12.0 Å². The third-order valence-corrected chi connectivity index (χ3v) is 4.13. The van der Waals surface area contributed by atoms with E-state index in [0.29, 0.717) is 25.2 Å². The lowest BCUT2D eigenvalue weighted by atomic mass is 10.0. The minimum absolute atomic E-state index is 0.338. The van der Waals surface area contributed by atoms with E-state index in [0.717, 1.165) is 12.2 Å². The van der Waals surface area contributed by atoms with Gasteiger partial charge in [0.2, 0.25) is 0 Å². The molecular formula is C22H34O3. The van der Waals surface area contributed by atoms with Crippen molar-refractivity contribution in [1.82, 2.24) is 0 Å². The van der Waals surface area contributed by atoms with Crippen molar-refractivity contribution in [3.8, 4) is 5.75 Å². The van der Waals surface area contributed by atoms with Gasteiger partial charge in [0.25, 0.3) is 0 Å². The Labute approximate surface area is 153 Å². The highest BCUT2D eigenvalue weighted by molar-refractivity contribution is 5.86. The fourth-order valence-corrected chi connectivity index (χ4v) is 2.58. The van der Waals surface area contributed by atoms with Crippen molar-refractivity contribution in [3.63, 3.8) is 0 Å². The number of carbonyl (C=O) groups excluding carboxylic acids is 1. The van der Waals surface area contributed by atoms with Crippen molar-refractivity contribution in [1.29, 1.82) is 0 Å². The molecule has 0 bridgehead atoms. The van der Waals surface area contributed by atoms with Gasteiger partial charge in [-0.3, -0.25) is 0 Å². The fourth-order valence-electron chi connectivity index (χ4n) is 2.58. The van der Waals surface area contributed by atoms with Crippen LogP contribution in [0.25, 0.3) is 0 Å². The van der Waals surface area contributed by atoms with Crippen molar-refractivity contribution in [2.75, 3.05) is 13.2 Å². The van der Waals surface area contributed by atoms with E-state index in [2.05, 4.69) is 25.6 Å². The highest BCUT2D eigenvalue weighted by Crippen LogP contribution is 2.15. The second-order valence-corrected chi connectivity index (χ2v) is 6.63. The van der Waals surface area contributed by atoms with E-state index >= 15 is 0 Å². The summed E-state index contributed by atoms with van der Waals surface area (Å²) in [7, 11) is 0. The first-order chi connectivity index (χ1) is 12.1. The summed E-state index contributed by atoms with van der Waals surface area (Å²) in [5.41, 5.74) is 1.80. The number of hydrogen-bond donors (Lipinski definition) is 0. The molecule has 0 aromatic heterocycles. The number of rotatable bonds is 14. The highest BCUT2D eigenvalue weighted by Gasteiger charge is 2.02.